The van der Waals surface area contributed by atoms with Crippen LogP contribution in [0.4, 0.5) is 0 Å². The van der Waals surface area contributed by atoms with Crippen LogP contribution in [-0.4, -0.2) is 41.3 Å². The number of aryl methyl sites for hydroxylation is 2. The van der Waals surface area contributed by atoms with Gasteiger partial charge >= 0.3 is 0 Å². The van der Waals surface area contributed by atoms with Crippen molar-refractivity contribution in [3.05, 3.63) is 33.4 Å². The molecule has 1 saturated heterocycles. The van der Waals surface area contributed by atoms with Crippen molar-refractivity contribution in [3.63, 3.8) is 0 Å². The molecule has 0 radical (unpaired) electrons. The molecule has 1 atom stereocenters. The molecule has 27 heavy (non-hydrogen) atoms. The number of imidazole rings is 1. The first-order valence-corrected chi connectivity index (χ1v) is 11.4. The van der Waals surface area contributed by atoms with Gasteiger partial charge in [-0.3, -0.25) is 4.79 Å². The maximum Gasteiger partial charge on any atom is 0.262 e. The maximum absolute atomic E-state index is 12.7. The molecule has 0 aromatic carbocycles. The zero-order chi connectivity index (χ0) is 19.8. The van der Waals surface area contributed by atoms with Crippen LogP contribution in [-0.2, 0) is 21.9 Å². The highest BCUT2D eigenvalue weighted by molar-refractivity contribution is 7.89. The molecule has 0 spiro atoms. The van der Waals surface area contributed by atoms with Gasteiger partial charge in [0, 0.05) is 37.1 Å². The van der Waals surface area contributed by atoms with Crippen molar-refractivity contribution in [1.29, 1.82) is 0 Å². The first-order valence-electron chi connectivity index (χ1n) is 8.74. The molecule has 1 aliphatic rings. The molecule has 1 unspecified atom stereocenters. The molecule has 2 aromatic rings. The lowest BCUT2D eigenvalue weighted by molar-refractivity contribution is -0.126. The summed E-state index contributed by atoms with van der Waals surface area (Å²) < 4.78 is 29.3. The second kappa shape index (κ2) is 7.90. The molecule has 7 nitrogen and oxygen atoms in total. The molecule has 1 fully saturated rings. The topological polar surface area (TPSA) is 84.3 Å². The Hall–Kier alpha value is -1.42. The molecule has 0 bridgehead atoms. The van der Waals surface area contributed by atoms with E-state index in [1.165, 1.54) is 21.8 Å². The van der Waals surface area contributed by atoms with Gasteiger partial charge in [-0.25, -0.2) is 13.4 Å². The number of nitrogens with zero attached hydrogens (tertiary/aromatic N) is 3. The summed E-state index contributed by atoms with van der Waals surface area (Å²) in [5, 5.41) is 3.07. The average molecular weight is 431 g/mol. The van der Waals surface area contributed by atoms with E-state index >= 15 is 0 Å². The van der Waals surface area contributed by atoms with Gasteiger partial charge in [-0.05, 0) is 38.8 Å². The molecular formula is C17H23ClN4O3S2. The number of carbonyl (C=O) groups is 1. The summed E-state index contributed by atoms with van der Waals surface area (Å²) in [6, 6.07) is 3.60. The molecule has 3 rings (SSSR count). The third-order valence-electron chi connectivity index (χ3n) is 4.89. The van der Waals surface area contributed by atoms with Crippen LogP contribution >= 0.6 is 22.9 Å². The van der Waals surface area contributed by atoms with Crippen LogP contribution in [0.25, 0.3) is 0 Å². The van der Waals surface area contributed by atoms with Crippen molar-refractivity contribution in [2.45, 2.75) is 37.8 Å². The lowest BCUT2D eigenvalue weighted by atomic mass is 9.97. The number of halogens is 1. The van der Waals surface area contributed by atoms with Gasteiger partial charge in [0.25, 0.3) is 10.0 Å². The summed E-state index contributed by atoms with van der Waals surface area (Å²) >= 11 is 7.39. The van der Waals surface area contributed by atoms with Crippen molar-refractivity contribution < 1.29 is 13.2 Å². The summed E-state index contributed by atoms with van der Waals surface area (Å²) in [6.07, 6.45) is 2.51. The molecule has 0 aliphatic carbocycles. The molecule has 1 amide bonds. The monoisotopic (exact) mass is 430 g/mol. The minimum Gasteiger partial charge on any atom is -0.349 e. The lowest BCUT2D eigenvalue weighted by Gasteiger charge is -2.30. The molecular weight excluding hydrogens is 408 g/mol. The number of amides is 1. The standard InChI is InChI=1S/C17H23ClN4O3S2/c1-11(14-4-5-15(18)26-14)19-17(23)13-6-8-22(9-7-13)27(24,25)16-10-21(3)12(2)20-16/h4-5,10-11,13H,6-9H2,1-3H3,(H,19,23). The number of sulfonamides is 1. The fourth-order valence-corrected chi connectivity index (χ4v) is 5.66. The minimum atomic E-state index is -3.62. The Balaban J connectivity index is 1.58. The van der Waals surface area contributed by atoms with Crippen LogP contribution in [0.2, 0.25) is 4.34 Å². The number of hydrogen-bond acceptors (Lipinski definition) is 5. The zero-order valence-corrected chi connectivity index (χ0v) is 17.9. The second-order valence-electron chi connectivity index (χ2n) is 6.79. The van der Waals surface area contributed by atoms with Crippen molar-refractivity contribution >= 4 is 38.9 Å². The summed E-state index contributed by atoms with van der Waals surface area (Å²) in [5.74, 6) is 0.406. The van der Waals surface area contributed by atoms with E-state index in [0.29, 0.717) is 36.1 Å². The predicted octanol–water partition coefficient (Wildman–Crippen LogP) is 2.72. The Labute approximate surface area is 168 Å². The number of thiophene rings is 1. The highest BCUT2D eigenvalue weighted by atomic mass is 35.5. The van der Waals surface area contributed by atoms with E-state index in [9.17, 15) is 13.2 Å². The van der Waals surface area contributed by atoms with E-state index in [1.54, 1.807) is 18.5 Å². The second-order valence-corrected chi connectivity index (χ2v) is 10.4. The van der Waals surface area contributed by atoms with E-state index < -0.39 is 10.0 Å². The van der Waals surface area contributed by atoms with E-state index in [1.807, 2.05) is 19.1 Å². The van der Waals surface area contributed by atoms with Crippen LogP contribution in [0.3, 0.4) is 0 Å². The smallest absolute Gasteiger partial charge is 0.262 e. The highest BCUT2D eigenvalue weighted by Crippen LogP contribution is 2.28. The first kappa shape index (κ1) is 20.3. The SMILES string of the molecule is Cc1nc(S(=O)(=O)N2CCC(C(=O)NC(C)c3ccc(Cl)s3)CC2)cn1C. The molecule has 148 valence electrons. The average Bonchev–Trinajstić information content (AvgIpc) is 3.21. The summed E-state index contributed by atoms with van der Waals surface area (Å²) in [4.78, 5) is 17.7. The Morgan fingerprint density at radius 1 is 1.37 bits per heavy atom. The van der Waals surface area contributed by atoms with Gasteiger partial charge in [-0.1, -0.05) is 11.6 Å². The van der Waals surface area contributed by atoms with Crippen molar-refractivity contribution in [1.82, 2.24) is 19.2 Å². The summed E-state index contributed by atoms with van der Waals surface area (Å²) in [7, 11) is -1.86. The van der Waals surface area contributed by atoms with Crippen LogP contribution in [0, 0.1) is 12.8 Å². The Morgan fingerprint density at radius 3 is 2.56 bits per heavy atom. The molecule has 1 aliphatic heterocycles. The number of carbonyl (C=O) groups excluding carboxylic acids is 1. The third-order valence-corrected chi connectivity index (χ3v) is 8.08. The van der Waals surface area contributed by atoms with E-state index in [0.717, 1.165) is 4.88 Å². The summed E-state index contributed by atoms with van der Waals surface area (Å²) in [6.45, 7) is 4.31. The van der Waals surface area contributed by atoms with Gasteiger partial charge in [0.15, 0.2) is 5.03 Å². The molecule has 0 saturated carbocycles. The van der Waals surface area contributed by atoms with Crippen LogP contribution in [0.1, 0.15) is 36.5 Å². The molecule has 3 heterocycles. The van der Waals surface area contributed by atoms with Crippen molar-refractivity contribution in [3.8, 4) is 0 Å². The molecule has 10 heteroatoms. The Kier molecular flexibility index (Phi) is 5.95. The number of piperidine rings is 1. The van der Waals surface area contributed by atoms with E-state index in [4.69, 9.17) is 11.6 Å². The van der Waals surface area contributed by atoms with E-state index in [-0.39, 0.29) is 22.9 Å². The molecule has 2 aromatic heterocycles. The van der Waals surface area contributed by atoms with Crippen LogP contribution in [0.5, 0.6) is 0 Å². The van der Waals surface area contributed by atoms with Gasteiger partial charge in [0.2, 0.25) is 5.91 Å². The normalized spacial score (nSPS) is 17.8. The van der Waals surface area contributed by atoms with E-state index in [2.05, 4.69) is 10.3 Å². The third kappa shape index (κ3) is 4.37. The number of hydrogen-bond donors (Lipinski definition) is 1. The quantitative estimate of drug-likeness (QED) is 0.790. The largest absolute Gasteiger partial charge is 0.349 e. The van der Waals surface area contributed by atoms with Gasteiger partial charge in [0.1, 0.15) is 5.82 Å². The number of nitrogens with one attached hydrogen (secondary N) is 1. The fraction of sp³-hybridized carbons (Fsp3) is 0.529. The molecule has 1 N–H and O–H groups in total. The zero-order valence-electron chi connectivity index (χ0n) is 15.5. The summed E-state index contributed by atoms with van der Waals surface area (Å²) in [5.41, 5.74) is 0. The van der Waals surface area contributed by atoms with Gasteiger partial charge in [0.05, 0.1) is 10.4 Å². The maximum atomic E-state index is 12.7. The van der Waals surface area contributed by atoms with Gasteiger partial charge in [-0.2, -0.15) is 4.31 Å². The van der Waals surface area contributed by atoms with Crippen LogP contribution in [0.15, 0.2) is 23.4 Å². The fourth-order valence-electron chi connectivity index (χ4n) is 3.10. The lowest BCUT2D eigenvalue weighted by Crippen LogP contribution is -2.43. The predicted molar refractivity (Wildman–Crippen MR) is 105 cm³/mol. The first-order chi connectivity index (χ1) is 12.7. The highest BCUT2D eigenvalue weighted by Gasteiger charge is 2.34. The van der Waals surface area contributed by atoms with Gasteiger partial charge < -0.3 is 9.88 Å². The van der Waals surface area contributed by atoms with Crippen molar-refractivity contribution in [2.75, 3.05) is 13.1 Å². The Bertz CT molecular complexity index is 910. The van der Waals surface area contributed by atoms with Gasteiger partial charge in [-0.15, -0.1) is 11.3 Å². The Morgan fingerprint density at radius 2 is 2.04 bits per heavy atom. The van der Waals surface area contributed by atoms with Crippen LogP contribution < -0.4 is 5.32 Å². The number of aromatic nitrogens is 2. The van der Waals surface area contributed by atoms with Crippen molar-refractivity contribution in [2.24, 2.45) is 13.0 Å². The number of rotatable bonds is 5. The minimum absolute atomic E-state index is 0.0437.